The molecule has 0 unspecified atom stereocenters. The Bertz CT molecular complexity index is 204. The number of nitrogens with one attached hydrogen (secondary N) is 1. The van der Waals surface area contributed by atoms with Gasteiger partial charge >= 0.3 is 0 Å². The first-order chi connectivity index (χ1) is 6.72. The highest BCUT2D eigenvalue weighted by molar-refractivity contribution is 5.01. The Hall–Kier alpha value is -0.590. The predicted octanol–water partition coefficient (Wildman–Crippen LogP) is 1.43. The number of nitriles is 1. The van der Waals surface area contributed by atoms with Crippen LogP contribution in [0.5, 0.6) is 0 Å². The normalized spacial score (nSPS) is 22.6. The lowest BCUT2D eigenvalue weighted by Crippen LogP contribution is -2.32. The lowest BCUT2D eigenvalue weighted by atomic mass is 9.72. The number of rotatable bonds is 4. The Morgan fingerprint density at radius 3 is 2.57 bits per heavy atom. The predicted molar refractivity (Wildman–Crippen MR) is 55.7 cm³/mol. The average Bonchev–Trinajstić information content (AvgIpc) is 2.19. The van der Waals surface area contributed by atoms with Crippen molar-refractivity contribution >= 4 is 0 Å². The lowest BCUT2D eigenvalue weighted by molar-refractivity contribution is 0.102. The van der Waals surface area contributed by atoms with Gasteiger partial charge in [0.05, 0.1) is 17.6 Å². The monoisotopic (exact) mass is 196 g/mol. The highest BCUT2D eigenvalue weighted by Gasteiger charge is 2.33. The van der Waals surface area contributed by atoms with Crippen LogP contribution in [0.4, 0.5) is 0 Å². The molecule has 1 saturated carbocycles. The van der Waals surface area contributed by atoms with E-state index < -0.39 is 0 Å². The van der Waals surface area contributed by atoms with Crippen LogP contribution in [0.2, 0.25) is 0 Å². The molecule has 0 saturated heterocycles. The number of aliphatic hydroxyl groups is 1. The molecule has 0 aromatic carbocycles. The van der Waals surface area contributed by atoms with Gasteiger partial charge in [0.2, 0.25) is 0 Å². The van der Waals surface area contributed by atoms with E-state index in [1.165, 1.54) is 6.42 Å². The number of nitrogens with zero attached hydrogens (tertiary/aromatic N) is 1. The van der Waals surface area contributed by atoms with E-state index >= 15 is 0 Å². The van der Waals surface area contributed by atoms with Gasteiger partial charge in [0, 0.05) is 6.54 Å². The standard InChI is InChI=1S/C11H20N2O/c1-13-8-10(14)7-11(9-12)5-3-2-4-6-11/h10,13-14H,2-8H2,1H3/t10-/m1/s1. The van der Waals surface area contributed by atoms with Crippen molar-refractivity contribution in [2.45, 2.75) is 44.6 Å². The molecule has 0 amide bonds. The molecule has 0 spiro atoms. The number of hydrogen-bond acceptors (Lipinski definition) is 3. The summed E-state index contributed by atoms with van der Waals surface area (Å²) in [4.78, 5) is 0. The highest BCUT2D eigenvalue weighted by Crippen LogP contribution is 2.39. The average molecular weight is 196 g/mol. The Morgan fingerprint density at radius 2 is 2.07 bits per heavy atom. The molecule has 1 aliphatic rings. The molecule has 0 aromatic rings. The summed E-state index contributed by atoms with van der Waals surface area (Å²) in [6.45, 7) is 0.587. The second-order valence-corrected chi connectivity index (χ2v) is 4.37. The quantitative estimate of drug-likeness (QED) is 0.715. The van der Waals surface area contributed by atoms with Crippen LogP contribution >= 0.6 is 0 Å². The van der Waals surface area contributed by atoms with Crippen molar-refractivity contribution in [2.75, 3.05) is 13.6 Å². The number of hydrogen-bond donors (Lipinski definition) is 2. The van der Waals surface area contributed by atoms with Crippen molar-refractivity contribution in [3.05, 3.63) is 0 Å². The van der Waals surface area contributed by atoms with Crippen LogP contribution in [0.15, 0.2) is 0 Å². The second-order valence-electron chi connectivity index (χ2n) is 4.37. The largest absolute Gasteiger partial charge is 0.392 e. The van der Waals surface area contributed by atoms with Gasteiger partial charge in [0.15, 0.2) is 0 Å². The van der Waals surface area contributed by atoms with Gasteiger partial charge in [0.25, 0.3) is 0 Å². The third-order valence-electron chi connectivity index (χ3n) is 3.11. The molecule has 3 nitrogen and oxygen atoms in total. The van der Waals surface area contributed by atoms with Gasteiger partial charge in [-0.1, -0.05) is 19.3 Å². The minimum absolute atomic E-state index is 0.242. The van der Waals surface area contributed by atoms with E-state index in [9.17, 15) is 10.4 Å². The number of aliphatic hydroxyl groups excluding tert-OH is 1. The first kappa shape index (κ1) is 11.5. The van der Waals surface area contributed by atoms with Gasteiger partial charge in [-0.15, -0.1) is 0 Å². The molecule has 2 N–H and O–H groups in total. The Kier molecular flexibility index (Phi) is 4.37. The minimum atomic E-state index is -0.377. The van der Waals surface area contributed by atoms with Crippen LogP contribution in [0, 0.1) is 16.7 Å². The van der Waals surface area contributed by atoms with Crippen LogP contribution in [-0.4, -0.2) is 24.8 Å². The van der Waals surface area contributed by atoms with Crippen LogP contribution in [-0.2, 0) is 0 Å². The second kappa shape index (κ2) is 5.33. The maximum atomic E-state index is 9.68. The van der Waals surface area contributed by atoms with Gasteiger partial charge in [-0.05, 0) is 26.3 Å². The summed E-state index contributed by atoms with van der Waals surface area (Å²) in [6, 6.07) is 2.42. The van der Waals surface area contributed by atoms with Crippen LogP contribution in [0.3, 0.4) is 0 Å². The topological polar surface area (TPSA) is 56.0 Å². The molecule has 0 radical (unpaired) electrons. The van der Waals surface area contributed by atoms with Crippen molar-refractivity contribution in [3.8, 4) is 6.07 Å². The van der Waals surface area contributed by atoms with E-state index in [1.54, 1.807) is 0 Å². The molecular formula is C11H20N2O. The molecule has 1 fully saturated rings. The van der Waals surface area contributed by atoms with Crippen LogP contribution in [0.1, 0.15) is 38.5 Å². The zero-order chi connectivity index (χ0) is 10.4. The van der Waals surface area contributed by atoms with Gasteiger partial charge < -0.3 is 10.4 Å². The van der Waals surface area contributed by atoms with Gasteiger partial charge in [0.1, 0.15) is 0 Å². The van der Waals surface area contributed by atoms with Crippen molar-refractivity contribution in [2.24, 2.45) is 5.41 Å². The van der Waals surface area contributed by atoms with E-state index in [2.05, 4.69) is 11.4 Å². The minimum Gasteiger partial charge on any atom is -0.392 e. The van der Waals surface area contributed by atoms with E-state index in [-0.39, 0.29) is 11.5 Å². The summed E-state index contributed by atoms with van der Waals surface area (Å²) in [6.07, 6.45) is 5.70. The molecule has 1 rings (SSSR count). The summed E-state index contributed by atoms with van der Waals surface area (Å²) in [7, 11) is 1.82. The number of likely N-dealkylation sites (N-methyl/N-ethyl adjacent to an activating group) is 1. The smallest absolute Gasteiger partial charge is 0.0690 e. The summed E-state index contributed by atoms with van der Waals surface area (Å²) in [5, 5.41) is 21.8. The Morgan fingerprint density at radius 1 is 1.43 bits per heavy atom. The van der Waals surface area contributed by atoms with Gasteiger partial charge in [-0.25, -0.2) is 0 Å². The summed E-state index contributed by atoms with van der Waals surface area (Å²) < 4.78 is 0. The summed E-state index contributed by atoms with van der Waals surface area (Å²) >= 11 is 0. The zero-order valence-corrected chi connectivity index (χ0v) is 8.92. The molecule has 1 atom stereocenters. The first-order valence-corrected chi connectivity index (χ1v) is 5.46. The maximum Gasteiger partial charge on any atom is 0.0690 e. The third kappa shape index (κ3) is 2.97. The summed E-state index contributed by atoms with van der Waals surface area (Å²) in [5.41, 5.74) is -0.242. The van der Waals surface area contributed by atoms with Crippen LogP contribution in [0.25, 0.3) is 0 Å². The first-order valence-electron chi connectivity index (χ1n) is 5.46. The SMILES string of the molecule is CNC[C@H](O)CC1(C#N)CCCCC1. The van der Waals surface area contributed by atoms with E-state index in [1.807, 2.05) is 7.05 Å². The third-order valence-corrected chi connectivity index (χ3v) is 3.11. The fourth-order valence-electron chi connectivity index (χ4n) is 2.35. The van der Waals surface area contributed by atoms with Crippen molar-refractivity contribution in [1.29, 1.82) is 5.26 Å². The molecule has 0 heterocycles. The van der Waals surface area contributed by atoms with Crippen molar-refractivity contribution in [3.63, 3.8) is 0 Å². The fourth-order valence-corrected chi connectivity index (χ4v) is 2.35. The Labute approximate surface area is 86.1 Å². The fraction of sp³-hybridized carbons (Fsp3) is 0.909. The van der Waals surface area contributed by atoms with Crippen molar-refractivity contribution in [1.82, 2.24) is 5.32 Å². The molecule has 3 heteroatoms. The molecule has 0 aliphatic heterocycles. The highest BCUT2D eigenvalue weighted by atomic mass is 16.3. The zero-order valence-electron chi connectivity index (χ0n) is 8.92. The van der Waals surface area contributed by atoms with E-state index in [0.717, 1.165) is 25.7 Å². The molecule has 1 aliphatic carbocycles. The lowest BCUT2D eigenvalue weighted by Gasteiger charge is -2.32. The summed E-state index contributed by atoms with van der Waals surface area (Å²) in [5.74, 6) is 0. The Balaban J connectivity index is 2.48. The molecule has 14 heavy (non-hydrogen) atoms. The molecule has 0 aromatic heterocycles. The van der Waals surface area contributed by atoms with E-state index in [0.29, 0.717) is 13.0 Å². The van der Waals surface area contributed by atoms with Gasteiger partial charge in [-0.3, -0.25) is 0 Å². The van der Waals surface area contributed by atoms with Gasteiger partial charge in [-0.2, -0.15) is 5.26 Å². The van der Waals surface area contributed by atoms with E-state index in [4.69, 9.17) is 0 Å². The maximum absolute atomic E-state index is 9.68. The van der Waals surface area contributed by atoms with Crippen LogP contribution < -0.4 is 5.32 Å². The molecule has 0 bridgehead atoms. The molecule has 80 valence electrons. The van der Waals surface area contributed by atoms with Crippen molar-refractivity contribution < 1.29 is 5.11 Å². The molecular weight excluding hydrogens is 176 g/mol.